The lowest BCUT2D eigenvalue weighted by atomic mass is 10.3. The lowest BCUT2D eigenvalue weighted by molar-refractivity contribution is 0.0762. The second-order valence-electron chi connectivity index (χ2n) is 2.75. The molecule has 0 N–H and O–H groups in total. The van der Waals surface area contributed by atoms with Crippen LogP contribution in [-0.2, 0) is 0 Å². The van der Waals surface area contributed by atoms with Gasteiger partial charge in [-0.1, -0.05) is 5.16 Å². The molecule has 0 aliphatic heterocycles. The predicted octanol–water partition coefficient (Wildman–Crippen LogP) is 1.29. The molecule has 5 heteroatoms. The summed E-state index contributed by atoms with van der Waals surface area (Å²) in [6.45, 7) is 2.27. The largest absolute Gasteiger partial charge is 0.351 e. The molecule has 1 heterocycles. The summed E-state index contributed by atoms with van der Waals surface area (Å²) >= 11 is 5.49. The summed E-state index contributed by atoms with van der Waals surface area (Å²) < 4.78 is 4.81. The van der Waals surface area contributed by atoms with Crippen LogP contribution in [0.5, 0.6) is 0 Å². The van der Waals surface area contributed by atoms with E-state index in [9.17, 15) is 4.79 Å². The van der Waals surface area contributed by atoms with Crippen LogP contribution in [0.2, 0.25) is 0 Å². The predicted molar refractivity (Wildman–Crippen MR) is 48.9 cm³/mol. The van der Waals surface area contributed by atoms with E-state index >= 15 is 0 Å². The van der Waals surface area contributed by atoms with Crippen LogP contribution in [0.1, 0.15) is 16.2 Å². The Kier molecular flexibility index (Phi) is 3.31. The van der Waals surface area contributed by atoms with Gasteiger partial charge >= 0.3 is 0 Å². The lowest BCUT2D eigenvalue weighted by Crippen LogP contribution is -2.28. The molecule has 0 spiro atoms. The second kappa shape index (κ2) is 4.28. The van der Waals surface area contributed by atoms with Crippen LogP contribution in [0.4, 0.5) is 0 Å². The molecule has 72 valence electrons. The Balaban J connectivity index is 2.67. The Morgan fingerprint density at radius 3 is 2.92 bits per heavy atom. The van der Waals surface area contributed by atoms with E-state index in [1.807, 2.05) is 0 Å². The van der Waals surface area contributed by atoms with Crippen molar-refractivity contribution >= 4 is 17.5 Å². The maximum atomic E-state index is 11.5. The molecule has 4 nitrogen and oxygen atoms in total. The second-order valence-corrected chi connectivity index (χ2v) is 3.13. The lowest BCUT2D eigenvalue weighted by Gasteiger charge is -2.12. The molecule has 0 fully saturated rings. The van der Waals surface area contributed by atoms with E-state index in [1.54, 1.807) is 20.0 Å². The molecule has 0 aliphatic carbocycles. The molecule has 0 atom stereocenters. The Hall–Kier alpha value is -1.03. The van der Waals surface area contributed by atoms with Crippen molar-refractivity contribution in [3.63, 3.8) is 0 Å². The van der Waals surface area contributed by atoms with Crippen LogP contribution in [0.3, 0.4) is 0 Å². The smallest absolute Gasteiger partial charge is 0.292 e. The fourth-order valence-electron chi connectivity index (χ4n) is 0.881. The Morgan fingerprint density at radius 2 is 2.46 bits per heavy atom. The SMILES string of the molecule is Cc1cc(C(=O)N(C)CCCl)on1. The fraction of sp³-hybridized carbons (Fsp3) is 0.500. The number of aromatic nitrogens is 1. The molecule has 1 amide bonds. The topological polar surface area (TPSA) is 46.3 Å². The van der Waals surface area contributed by atoms with Gasteiger partial charge in [0, 0.05) is 25.5 Å². The minimum atomic E-state index is -0.193. The molecule has 0 radical (unpaired) electrons. The van der Waals surface area contributed by atoms with Gasteiger partial charge in [0.15, 0.2) is 0 Å². The van der Waals surface area contributed by atoms with Crippen LogP contribution >= 0.6 is 11.6 Å². The number of nitrogens with zero attached hydrogens (tertiary/aromatic N) is 2. The molecule has 0 saturated heterocycles. The van der Waals surface area contributed by atoms with E-state index in [0.29, 0.717) is 18.1 Å². The minimum absolute atomic E-state index is 0.193. The third-order valence-corrected chi connectivity index (χ3v) is 1.77. The number of carbonyl (C=O) groups is 1. The third kappa shape index (κ3) is 2.45. The molecule has 0 aliphatic rings. The fourth-order valence-corrected chi connectivity index (χ4v) is 1.13. The van der Waals surface area contributed by atoms with Gasteiger partial charge in [-0.15, -0.1) is 11.6 Å². The number of carbonyl (C=O) groups excluding carboxylic acids is 1. The highest BCUT2D eigenvalue weighted by molar-refractivity contribution is 6.18. The first-order chi connectivity index (χ1) is 6.15. The summed E-state index contributed by atoms with van der Waals surface area (Å²) in [4.78, 5) is 13.0. The van der Waals surface area contributed by atoms with Gasteiger partial charge in [0.25, 0.3) is 5.91 Å². The highest BCUT2D eigenvalue weighted by Gasteiger charge is 2.15. The van der Waals surface area contributed by atoms with Gasteiger partial charge < -0.3 is 9.42 Å². The van der Waals surface area contributed by atoms with Crippen LogP contribution in [0.25, 0.3) is 0 Å². The van der Waals surface area contributed by atoms with E-state index in [1.165, 1.54) is 4.90 Å². The molecule has 13 heavy (non-hydrogen) atoms. The van der Waals surface area contributed by atoms with Crippen molar-refractivity contribution in [1.82, 2.24) is 10.1 Å². The average molecular weight is 203 g/mol. The number of amides is 1. The van der Waals surface area contributed by atoms with Gasteiger partial charge in [-0.25, -0.2) is 0 Å². The summed E-state index contributed by atoms with van der Waals surface area (Å²) in [5.41, 5.74) is 0.697. The van der Waals surface area contributed by atoms with Crippen molar-refractivity contribution in [2.75, 3.05) is 19.5 Å². The number of hydrogen-bond acceptors (Lipinski definition) is 3. The van der Waals surface area contributed by atoms with E-state index in [0.717, 1.165) is 0 Å². The number of hydrogen-bond donors (Lipinski definition) is 0. The quantitative estimate of drug-likeness (QED) is 0.694. The summed E-state index contributed by atoms with van der Waals surface area (Å²) in [5, 5.41) is 3.62. The molecule has 0 bridgehead atoms. The molecular formula is C8H11ClN2O2. The molecule has 0 saturated carbocycles. The Labute approximate surface area is 81.4 Å². The molecular weight excluding hydrogens is 192 g/mol. The van der Waals surface area contributed by atoms with Crippen molar-refractivity contribution in [3.05, 3.63) is 17.5 Å². The zero-order valence-electron chi connectivity index (χ0n) is 7.58. The monoisotopic (exact) mass is 202 g/mol. The standard InChI is InChI=1S/C8H11ClN2O2/c1-6-5-7(13-10-6)8(12)11(2)4-3-9/h5H,3-4H2,1-2H3. The van der Waals surface area contributed by atoms with Crippen LogP contribution in [0, 0.1) is 6.92 Å². The molecule has 1 aromatic heterocycles. The first-order valence-electron chi connectivity index (χ1n) is 3.90. The van der Waals surface area contributed by atoms with Crippen LogP contribution in [-0.4, -0.2) is 35.4 Å². The zero-order chi connectivity index (χ0) is 9.84. The molecule has 0 aromatic carbocycles. The molecule has 1 rings (SSSR count). The van der Waals surface area contributed by atoms with Gasteiger partial charge in [-0.05, 0) is 6.92 Å². The van der Waals surface area contributed by atoms with Crippen LogP contribution in [0.15, 0.2) is 10.6 Å². The highest BCUT2D eigenvalue weighted by Crippen LogP contribution is 2.05. The number of aryl methyl sites for hydroxylation is 1. The number of halogens is 1. The third-order valence-electron chi connectivity index (χ3n) is 1.61. The number of rotatable bonds is 3. The summed E-state index contributed by atoms with van der Waals surface area (Å²) in [5.74, 6) is 0.474. The molecule has 1 aromatic rings. The maximum absolute atomic E-state index is 11.5. The van der Waals surface area contributed by atoms with Gasteiger partial charge in [-0.2, -0.15) is 0 Å². The van der Waals surface area contributed by atoms with Gasteiger partial charge in [0.2, 0.25) is 5.76 Å². The van der Waals surface area contributed by atoms with E-state index < -0.39 is 0 Å². The van der Waals surface area contributed by atoms with Gasteiger partial charge in [-0.3, -0.25) is 4.79 Å². The van der Waals surface area contributed by atoms with E-state index in [4.69, 9.17) is 16.1 Å². The Morgan fingerprint density at radius 1 is 1.77 bits per heavy atom. The van der Waals surface area contributed by atoms with Gasteiger partial charge in [0.1, 0.15) is 0 Å². The molecule has 0 unspecified atom stereocenters. The van der Waals surface area contributed by atoms with Crippen molar-refractivity contribution in [1.29, 1.82) is 0 Å². The van der Waals surface area contributed by atoms with Crippen molar-refractivity contribution in [2.24, 2.45) is 0 Å². The first-order valence-corrected chi connectivity index (χ1v) is 4.43. The summed E-state index contributed by atoms with van der Waals surface area (Å²) in [6, 6.07) is 1.60. The van der Waals surface area contributed by atoms with E-state index in [2.05, 4.69) is 5.16 Å². The van der Waals surface area contributed by atoms with Gasteiger partial charge in [0.05, 0.1) is 5.69 Å². The van der Waals surface area contributed by atoms with Crippen molar-refractivity contribution in [3.8, 4) is 0 Å². The Bertz CT molecular complexity index is 298. The van der Waals surface area contributed by atoms with Crippen molar-refractivity contribution < 1.29 is 9.32 Å². The maximum Gasteiger partial charge on any atom is 0.292 e. The van der Waals surface area contributed by atoms with Crippen LogP contribution < -0.4 is 0 Å². The first kappa shape index (κ1) is 10.1. The minimum Gasteiger partial charge on any atom is -0.351 e. The zero-order valence-corrected chi connectivity index (χ0v) is 8.34. The average Bonchev–Trinajstić information content (AvgIpc) is 2.51. The summed E-state index contributed by atoms with van der Waals surface area (Å²) in [6.07, 6.45) is 0. The van der Waals surface area contributed by atoms with Crippen molar-refractivity contribution in [2.45, 2.75) is 6.92 Å². The highest BCUT2D eigenvalue weighted by atomic mass is 35.5. The number of alkyl halides is 1. The normalized spacial score (nSPS) is 10.1. The van der Waals surface area contributed by atoms with E-state index in [-0.39, 0.29) is 11.7 Å². The summed E-state index contributed by atoms with van der Waals surface area (Å²) in [7, 11) is 1.67.